The van der Waals surface area contributed by atoms with E-state index >= 15 is 0 Å². The molecule has 2 heterocycles. The third-order valence-electron chi connectivity index (χ3n) is 4.70. The number of hydrogen-bond donors (Lipinski definition) is 0. The number of carbonyl (C=O) groups excluding carboxylic acids is 1. The fourth-order valence-corrected chi connectivity index (χ4v) is 3.28. The second-order valence-corrected chi connectivity index (χ2v) is 6.26. The van der Waals surface area contributed by atoms with Crippen molar-refractivity contribution in [2.45, 2.75) is 32.9 Å². The van der Waals surface area contributed by atoms with E-state index in [1.165, 1.54) is 10.8 Å². The molecule has 0 fully saturated rings. The lowest BCUT2D eigenvalue weighted by Crippen LogP contribution is -2.46. The van der Waals surface area contributed by atoms with Crippen molar-refractivity contribution < 1.29 is 9.53 Å². The summed E-state index contributed by atoms with van der Waals surface area (Å²) in [5, 5.41) is 9.13. The Kier molecular flexibility index (Phi) is 5.12. The van der Waals surface area contributed by atoms with Gasteiger partial charge in [-0.3, -0.25) is 14.2 Å². The Bertz CT molecular complexity index is 1050. The van der Waals surface area contributed by atoms with E-state index in [0.717, 1.165) is 28.7 Å². The molecule has 0 spiro atoms. The van der Waals surface area contributed by atoms with Gasteiger partial charge in [-0.25, -0.2) is 9.36 Å². The maximum atomic E-state index is 12.9. The fraction of sp³-hybridized carbons (Fsp3) is 0.368. The Hall–Kier alpha value is -3.34. The lowest BCUT2D eigenvalue weighted by atomic mass is 10.0. The van der Waals surface area contributed by atoms with Crippen molar-refractivity contribution in [3.63, 3.8) is 0 Å². The van der Waals surface area contributed by atoms with E-state index in [-0.39, 0.29) is 11.5 Å². The molecule has 1 aliphatic heterocycles. The Balaban J connectivity index is 1.98. The molecule has 3 rings (SSSR count). The molecule has 0 bridgehead atoms. The molecule has 1 amide bonds. The zero-order chi connectivity index (χ0) is 19.6. The number of fused-ring (bicyclic) bond motifs is 1. The molecule has 0 saturated heterocycles. The van der Waals surface area contributed by atoms with Gasteiger partial charge >= 0.3 is 5.69 Å². The molecule has 27 heavy (non-hydrogen) atoms. The highest BCUT2D eigenvalue weighted by Gasteiger charge is 2.24. The first-order valence-electron chi connectivity index (χ1n) is 8.71. The summed E-state index contributed by atoms with van der Waals surface area (Å²) in [4.78, 5) is 39.3. The van der Waals surface area contributed by atoms with Gasteiger partial charge in [-0.1, -0.05) is 0 Å². The average Bonchev–Trinajstić information content (AvgIpc) is 2.70. The zero-order valence-corrected chi connectivity index (χ0v) is 15.3. The quantitative estimate of drug-likeness (QED) is 0.798. The molecular weight excluding hydrogens is 348 g/mol. The Morgan fingerprint density at radius 2 is 2.11 bits per heavy atom. The normalized spacial score (nSPS) is 13.0. The SMILES string of the molecule is CCn1cc(C#N)c(=O)n(CC(=O)N2CCCc3cc(OC)ccc32)c1=O. The third-order valence-corrected chi connectivity index (χ3v) is 4.70. The number of methoxy groups -OCH3 is 1. The summed E-state index contributed by atoms with van der Waals surface area (Å²) in [5.74, 6) is 0.352. The summed E-state index contributed by atoms with van der Waals surface area (Å²) in [6.07, 6.45) is 2.83. The maximum absolute atomic E-state index is 12.9. The molecule has 8 heteroatoms. The van der Waals surface area contributed by atoms with Crippen LogP contribution in [0.5, 0.6) is 5.75 Å². The van der Waals surface area contributed by atoms with Gasteiger partial charge in [-0.05, 0) is 43.5 Å². The van der Waals surface area contributed by atoms with Gasteiger partial charge in [0.05, 0.1) is 7.11 Å². The van der Waals surface area contributed by atoms with E-state index in [9.17, 15) is 14.4 Å². The minimum Gasteiger partial charge on any atom is -0.497 e. The fourth-order valence-electron chi connectivity index (χ4n) is 3.28. The van der Waals surface area contributed by atoms with Gasteiger partial charge < -0.3 is 9.64 Å². The molecule has 0 atom stereocenters. The van der Waals surface area contributed by atoms with E-state index in [2.05, 4.69) is 0 Å². The van der Waals surface area contributed by atoms with Crippen molar-refractivity contribution in [3.05, 3.63) is 56.4 Å². The van der Waals surface area contributed by atoms with Crippen LogP contribution in [0.2, 0.25) is 0 Å². The molecule has 0 unspecified atom stereocenters. The summed E-state index contributed by atoms with van der Waals surface area (Å²) in [5.41, 5.74) is 0.243. The van der Waals surface area contributed by atoms with Gasteiger partial charge in [0.2, 0.25) is 5.91 Å². The van der Waals surface area contributed by atoms with Crippen LogP contribution < -0.4 is 20.9 Å². The summed E-state index contributed by atoms with van der Waals surface area (Å²) in [6.45, 7) is 2.13. The van der Waals surface area contributed by atoms with Gasteiger partial charge in [0.1, 0.15) is 23.9 Å². The van der Waals surface area contributed by atoms with E-state index in [1.54, 1.807) is 31.1 Å². The lowest BCUT2D eigenvalue weighted by molar-refractivity contribution is -0.119. The molecule has 8 nitrogen and oxygen atoms in total. The summed E-state index contributed by atoms with van der Waals surface area (Å²) >= 11 is 0. The number of aryl methyl sites for hydroxylation is 2. The van der Waals surface area contributed by atoms with Crippen LogP contribution in [0.1, 0.15) is 24.5 Å². The van der Waals surface area contributed by atoms with Crippen LogP contribution in [-0.2, 0) is 24.3 Å². The molecule has 0 N–H and O–H groups in total. The number of nitriles is 1. The maximum Gasteiger partial charge on any atom is 0.331 e. The average molecular weight is 368 g/mol. The predicted molar refractivity (Wildman–Crippen MR) is 99.0 cm³/mol. The van der Waals surface area contributed by atoms with Crippen LogP contribution in [0.4, 0.5) is 5.69 Å². The number of amides is 1. The second kappa shape index (κ2) is 7.50. The summed E-state index contributed by atoms with van der Waals surface area (Å²) < 4.78 is 7.32. The number of ether oxygens (including phenoxy) is 1. The minimum absolute atomic E-state index is 0.159. The first kappa shape index (κ1) is 18.5. The highest BCUT2D eigenvalue weighted by Crippen LogP contribution is 2.30. The van der Waals surface area contributed by atoms with Gasteiger partial charge in [-0.2, -0.15) is 5.26 Å². The van der Waals surface area contributed by atoms with Crippen LogP contribution in [-0.4, -0.2) is 28.7 Å². The predicted octanol–water partition coefficient (Wildman–Crippen LogP) is 0.890. The van der Waals surface area contributed by atoms with Crippen LogP contribution in [0.25, 0.3) is 0 Å². The van der Waals surface area contributed by atoms with E-state index in [1.807, 2.05) is 12.1 Å². The van der Waals surface area contributed by atoms with Gasteiger partial charge in [-0.15, -0.1) is 0 Å². The molecule has 0 aliphatic carbocycles. The van der Waals surface area contributed by atoms with E-state index in [0.29, 0.717) is 18.8 Å². The second-order valence-electron chi connectivity index (χ2n) is 6.26. The minimum atomic E-state index is -0.743. The number of aromatic nitrogens is 2. The van der Waals surface area contributed by atoms with Crippen LogP contribution in [0.15, 0.2) is 34.0 Å². The van der Waals surface area contributed by atoms with Crippen molar-refractivity contribution >= 4 is 11.6 Å². The molecule has 1 aromatic heterocycles. The van der Waals surface area contributed by atoms with Crippen LogP contribution >= 0.6 is 0 Å². The Morgan fingerprint density at radius 1 is 1.33 bits per heavy atom. The number of hydrogen-bond acceptors (Lipinski definition) is 5. The van der Waals surface area contributed by atoms with Crippen molar-refractivity contribution in [2.75, 3.05) is 18.6 Å². The number of nitrogens with zero attached hydrogens (tertiary/aromatic N) is 4. The lowest BCUT2D eigenvalue weighted by Gasteiger charge is -2.30. The molecule has 1 aliphatic rings. The summed E-state index contributed by atoms with van der Waals surface area (Å²) in [7, 11) is 1.58. The molecule has 0 radical (unpaired) electrons. The Morgan fingerprint density at radius 3 is 2.78 bits per heavy atom. The molecular formula is C19H20N4O4. The van der Waals surface area contributed by atoms with Crippen LogP contribution in [0, 0.1) is 11.3 Å². The van der Waals surface area contributed by atoms with Gasteiger partial charge in [0.15, 0.2) is 0 Å². The Labute approximate surface area is 155 Å². The van der Waals surface area contributed by atoms with Crippen LogP contribution in [0.3, 0.4) is 0 Å². The van der Waals surface area contributed by atoms with Gasteiger partial charge in [0.25, 0.3) is 5.56 Å². The molecule has 2 aromatic rings. The zero-order valence-electron chi connectivity index (χ0n) is 15.3. The molecule has 0 saturated carbocycles. The standard InChI is InChI=1S/C19H20N4O4/c1-3-21-11-14(10-20)18(25)23(19(21)26)12-17(24)22-8-4-5-13-9-15(27-2)6-7-16(13)22/h6-7,9,11H,3-5,8,12H2,1-2H3. The van der Waals surface area contributed by atoms with E-state index in [4.69, 9.17) is 10.00 Å². The first-order valence-corrected chi connectivity index (χ1v) is 8.71. The van der Waals surface area contributed by atoms with E-state index < -0.39 is 17.8 Å². The first-order chi connectivity index (χ1) is 13.0. The summed E-state index contributed by atoms with van der Waals surface area (Å²) in [6, 6.07) is 7.26. The topological polar surface area (TPSA) is 97.3 Å². The van der Waals surface area contributed by atoms with Crippen molar-refractivity contribution in [1.82, 2.24) is 9.13 Å². The number of benzene rings is 1. The molecule has 1 aromatic carbocycles. The van der Waals surface area contributed by atoms with Gasteiger partial charge in [0, 0.05) is 25.0 Å². The highest BCUT2D eigenvalue weighted by atomic mass is 16.5. The number of rotatable bonds is 4. The van der Waals surface area contributed by atoms with Crippen molar-refractivity contribution in [2.24, 2.45) is 0 Å². The molecule has 140 valence electrons. The number of carbonyl (C=O) groups is 1. The largest absolute Gasteiger partial charge is 0.497 e. The van der Waals surface area contributed by atoms with Crippen molar-refractivity contribution in [1.29, 1.82) is 5.26 Å². The highest BCUT2D eigenvalue weighted by molar-refractivity contribution is 5.94. The number of anilines is 1. The third kappa shape index (κ3) is 3.36. The smallest absolute Gasteiger partial charge is 0.331 e. The monoisotopic (exact) mass is 368 g/mol. The van der Waals surface area contributed by atoms with Crippen molar-refractivity contribution in [3.8, 4) is 11.8 Å².